The van der Waals surface area contributed by atoms with Gasteiger partial charge in [0, 0.05) is 31.3 Å². The molecule has 2 aromatic heterocycles. The Balaban J connectivity index is 1.59. The van der Waals surface area contributed by atoms with Crippen molar-refractivity contribution in [2.45, 2.75) is 19.9 Å². The molecule has 0 saturated carbocycles. The van der Waals surface area contributed by atoms with Gasteiger partial charge in [-0.1, -0.05) is 24.3 Å². The lowest BCUT2D eigenvalue weighted by Gasteiger charge is -2.24. The number of carbonyl (C=O) groups excluding carboxylic acids is 1. The van der Waals surface area contributed by atoms with Crippen LogP contribution in [0.4, 0.5) is 5.69 Å². The van der Waals surface area contributed by atoms with Gasteiger partial charge in [0.1, 0.15) is 5.75 Å². The van der Waals surface area contributed by atoms with Crippen molar-refractivity contribution in [2.24, 2.45) is 7.05 Å². The summed E-state index contributed by atoms with van der Waals surface area (Å²) >= 11 is 0. The van der Waals surface area contributed by atoms with E-state index < -0.39 is 0 Å². The van der Waals surface area contributed by atoms with E-state index in [2.05, 4.69) is 15.3 Å². The SMILES string of the molecule is COc1ccc(CN2C(=O)CC(c3nnc(C)o3)=Cc3ccc(-c4cnn(C)c4)cc32)cc1. The topological polar surface area (TPSA) is 86.3 Å². The molecule has 8 nitrogen and oxygen atoms in total. The number of ether oxygens (including phenoxy) is 1. The summed E-state index contributed by atoms with van der Waals surface area (Å²) in [5, 5.41) is 12.3. The van der Waals surface area contributed by atoms with E-state index in [9.17, 15) is 4.79 Å². The molecule has 0 saturated heterocycles. The van der Waals surface area contributed by atoms with E-state index in [-0.39, 0.29) is 12.3 Å². The maximum absolute atomic E-state index is 13.5. The number of benzene rings is 2. The molecular formula is C25H23N5O3. The first kappa shape index (κ1) is 20.7. The molecule has 33 heavy (non-hydrogen) atoms. The molecule has 1 amide bonds. The second-order valence-electron chi connectivity index (χ2n) is 7.98. The van der Waals surface area contributed by atoms with Crippen molar-refractivity contribution in [1.29, 1.82) is 0 Å². The molecule has 0 unspecified atom stereocenters. The van der Waals surface area contributed by atoms with Gasteiger partial charge in [0.2, 0.25) is 17.7 Å². The molecule has 5 rings (SSSR count). The second-order valence-corrected chi connectivity index (χ2v) is 7.98. The van der Waals surface area contributed by atoms with Crippen molar-refractivity contribution >= 4 is 23.2 Å². The third-order valence-electron chi connectivity index (χ3n) is 5.63. The average Bonchev–Trinajstić information content (AvgIpc) is 3.42. The first-order valence-corrected chi connectivity index (χ1v) is 10.6. The Morgan fingerprint density at radius 1 is 1.09 bits per heavy atom. The summed E-state index contributed by atoms with van der Waals surface area (Å²) in [5.41, 5.74) is 5.40. The predicted octanol–water partition coefficient (Wildman–Crippen LogP) is 4.26. The second kappa shape index (κ2) is 8.38. The normalized spacial score (nSPS) is 13.5. The standard InChI is InChI=1S/C25H23N5O3/c1-16-27-28-25(33-16)20-10-19-7-6-18(21-13-26-29(2)15-21)11-23(19)30(24(31)12-20)14-17-4-8-22(32-3)9-5-17/h4-11,13,15H,12,14H2,1-3H3. The largest absolute Gasteiger partial charge is 0.497 e. The quantitative estimate of drug-likeness (QED) is 0.460. The first-order chi connectivity index (χ1) is 16.0. The number of methoxy groups -OCH3 is 1. The monoisotopic (exact) mass is 441 g/mol. The molecule has 0 atom stereocenters. The molecule has 0 fully saturated rings. The zero-order valence-electron chi connectivity index (χ0n) is 18.6. The highest BCUT2D eigenvalue weighted by Crippen LogP contribution is 2.36. The number of anilines is 1. The zero-order chi connectivity index (χ0) is 22.9. The Morgan fingerprint density at radius 3 is 2.58 bits per heavy atom. The highest BCUT2D eigenvalue weighted by molar-refractivity contribution is 6.06. The number of aryl methyl sites for hydroxylation is 2. The van der Waals surface area contributed by atoms with Crippen LogP contribution in [0.2, 0.25) is 0 Å². The summed E-state index contributed by atoms with van der Waals surface area (Å²) in [6, 6.07) is 13.8. The molecule has 4 aromatic rings. The van der Waals surface area contributed by atoms with Crippen LogP contribution in [0, 0.1) is 6.92 Å². The summed E-state index contributed by atoms with van der Waals surface area (Å²) in [7, 11) is 3.52. The van der Waals surface area contributed by atoms with Crippen molar-refractivity contribution in [2.75, 3.05) is 12.0 Å². The smallest absolute Gasteiger partial charge is 0.244 e. The van der Waals surface area contributed by atoms with Crippen molar-refractivity contribution in [1.82, 2.24) is 20.0 Å². The third-order valence-corrected chi connectivity index (χ3v) is 5.63. The van der Waals surface area contributed by atoms with Crippen molar-refractivity contribution in [3.8, 4) is 16.9 Å². The van der Waals surface area contributed by atoms with Crippen LogP contribution in [0.3, 0.4) is 0 Å². The maximum Gasteiger partial charge on any atom is 0.244 e. The fourth-order valence-corrected chi connectivity index (χ4v) is 3.93. The van der Waals surface area contributed by atoms with Gasteiger partial charge in [-0.05, 0) is 41.0 Å². The van der Waals surface area contributed by atoms with E-state index in [1.165, 1.54) is 0 Å². The van der Waals surface area contributed by atoms with E-state index in [1.807, 2.05) is 72.9 Å². The first-order valence-electron chi connectivity index (χ1n) is 10.6. The summed E-state index contributed by atoms with van der Waals surface area (Å²) in [5.74, 6) is 1.56. The van der Waals surface area contributed by atoms with Crippen LogP contribution in [0.1, 0.15) is 29.3 Å². The summed E-state index contributed by atoms with van der Waals surface area (Å²) in [6.07, 6.45) is 5.89. The minimum absolute atomic E-state index is 0.0463. The lowest BCUT2D eigenvalue weighted by Crippen LogP contribution is -2.30. The van der Waals surface area contributed by atoms with Crippen LogP contribution in [0.25, 0.3) is 22.8 Å². The average molecular weight is 441 g/mol. The van der Waals surface area contributed by atoms with Crippen LogP contribution in [-0.2, 0) is 18.4 Å². The summed E-state index contributed by atoms with van der Waals surface area (Å²) < 4.78 is 12.7. The Kier molecular flexibility index (Phi) is 5.26. The van der Waals surface area contributed by atoms with Crippen LogP contribution < -0.4 is 9.64 Å². The van der Waals surface area contributed by atoms with Crippen LogP contribution in [0.5, 0.6) is 5.75 Å². The molecule has 1 aliphatic rings. The lowest BCUT2D eigenvalue weighted by molar-refractivity contribution is -0.117. The predicted molar refractivity (Wildman–Crippen MR) is 124 cm³/mol. The third kappa shape index (κ3) is 4.15. The van der Waals surface area contributed by atoms with Crippen molar-refractivity contribution in [3.63, 3.8) is 0 Å². The van der Waals surface area contributed by atoms with Gasteiger partial charge in [-0.3, -0.25) is 9.48 Å². The molecule has 2 aromatic carbocycles. The molecular weight excluding hydrogens is 418 g/mol. The van der Waals surface area contributed by atoms with Gasteiger partial charge in [0.15, 0.2) is 0 Å². The Bertz CT molecular complexity index is 1350. The van der Waals surface area contributed by atoms with Gasteiger partial charge in [-0.25, -0.2) is 0 Å². The fourth-order valence-electron chi connectivity index (χ4n) is 3.93. The highest BCUT2D eigenvalue weighted by atomic mass is 16.5. The van der Waals surface area contributed by atoms with Gasteiger partial charge < -0.3 is 14.1 Å². The van der Waals surface area contributed by atoms with Gasteiger partial charge in [-0.15, -0.1) is 10.2 Å². The van der Waals surface area contributed by atoms with Gasteiger partial charge in [0.05, 0.1) is 32.0 Å². The highest BCUT2D eigenvalue weighted by Gasteiger charge is 2.26. The van der Waals surface area contributed by atoms with E-state index >= 15 is 0 Å². The Labute approximate surface area is 191 Å². The maximum atomic E-state index is 13.5. The molecule has 1 aliphatic heterocycles. The lowest BCUT2D eigenvalue weighted by atomic mass is 10.0. The van der Waals surface area contributed by atoms with Gasteiger partial charge in [-0.2, -0.15) is 5.10 Å². The van der Waals surface area contributed by atoms with Crippen LogP contribution in [-0.4, -0.2) is 33.0 Å². The number of hydrogen-bond acceptors (Lipinski definition) is 6. The number of rotatable bonds is 5. The van der Waals surface area contributed by atoms with Crippen molar-refractivity contribution in [3.05, 3.63) is 77.8 Å². The Hall–Kier alpha value is -4.20. The van der Waals surface area contributed by atoms with Gasteiger partial charge in [0.25, 0.3) is 0 Å². The van der Waals surface area contributed by atoms with Gasteiger partial charge >= 0.3 is 0 Å². The summed E-state index contributed by atoms with van der Waals surface area (Å²) in [6.45, 7) is 2.16. The van der Waals surface area contributed by atoms with E-state index in [0.29, 0.717) is 23.9 Å². The number of carbonyl (C=O) groups is 1. The molecule has 8 heteroatoms. The molecule has 0 N–H and O–H groups in total. The Morgan fingerprint density at radius 2 is 1.91 bits per heavy atom. The number of nitrogens with zero attached hydrogens (tertiary/aromatic N) is 5. The number of amides is 1. The van der Waals surface area contributed by atoms with Crippen LogP contribution >= 0.6 is 0 Å². The van der Waals surface area contributed by atoms with E-state index in [1.54, 1.807) is 18.7 Å². The molecule has 166 valence electrons. The molecule has 0 bridgehead atoms. The number of aromatic nitrogens is 4. The molecule has 0 spiro atoms. The zero-order valence-corrected chi connectivity index (χ0v) is 18.6. The molecule has 0 radical (unpaired) electrons. The fraction of sp³-hybridized carbons (Fsp3) is 0.200. The minimum atomic E-state index is -0.0463. The van der Waals surface area contributed by atoms with E-state index in [0.717, 1.165) is 33.7 Å². The minimum Gasteiger partial charge on any atom is -0.497 e. The number of hydrogen-bond donors (Lipinski definition) is 0. The van der Waals surface area contributed by atoms with Crippen molar-refractivity contribution < 1.29 is 13.9 Å². The van der Waals surface area contributed by atoms with Crippen LogP contribution in [0.15, 0.2) is 59.3 Å². The molecule has 0 aliphatic carbocycles. The van der Waals surface area contributed by atoms with E-state index in [4.69, 9.17) is 9.15 Å². The molecule has 3 heterocycles. The summed E-state index contributed by atoms with van der Waals surface area (Å²) in [4.78, 5) is 15.3. The number of fused-ring (bicyclic) bond motifs is 1.